The Balaban J connectivity index is 1.79. The lowest BCUT2D eigenvalue weighted by Crippen LogP contribution is -2.11. The van der Waals surface area contributed by atoms with Crippen LogP contribution in [-0.4, -0.2) is 18.2 Å². The van der Waals surface area contributed by atoms with Crippen LogP contribution in [-0.2, 0) is 0 Å². The second-order valence-corrected chi connectivity index (χ2v) is 4.94. The Bertz CT molecular complexity index is 351. The minimum absolute atomic E-state index is 0.405. The van der Waals surface area contributed by atoms with Gasteiger partial charge in [0.15, 0.2) is 0 Å². The summed E-state index contributed by atoms with van der Waals surface area (Å²) in [5.41, 5.74) is 1.32. The van der Waals surface area contributed by atoms with Crippen LogP contribution < -0.4 is 5.32 Å². The maximum atomic E-state index is 9.46. The zero-order chi connectivity index (χ0) is 10.3. The van der Waals surface area contributed by atoms with Gasteiger partial charge >= 0.3 is 0 Å². The fraction of sp³-hybridized carbons (Fsp3) is 0.538. The summed E-state index contributed by atoms with van der Waals surface area (Å²) in [5, 5.41) is 12.9. The fourth-order valence-electron chi connectivity index (χ4n) is 3.22. The van der Waals surface area contributed by atoms with Gasteiger partial charge in [0.2, 0.25) is 0 Å². The van der Waals surface area contributed by atoms with Crippen LogP contribution >= 0.6 is 0 Å². The van der Waals surface area contributed by atoms with Gasteiger partial charge in [0.1, 0.15) is 5.75 Å². The average Bonchev–Trinajstić information content (AvgIpc) is 2.76. The third-order valence-corrected chi connectivity index (χ3v) is 4.00. The number of aromatic hydroxyl groups is 1. The summed E-state index contributed by atoms with van der Waals surface area (Å²) in [7, 11) is 0. The summed E-state index contributed by atoms with van der Waals surface area (Å²) in [4.78, 5) is 0. The van der Waals surface area contributed by atoms with E-state index in [2.05, 4.69) is 11.4 Å². The van der Waals surface area contributed by atoms with Crippen molar-refractivity contribution in [3.63, 3.8) is 0 Å². The molecule has 15 heavy (non-hydrogen) atoms. The van der Waals surface area contributed by atoms with E-state index in [-0.39, 0.29) is 0 Å². The lowest BCUT2D eigenvalue weighted by molar-refractivity contribution is 0.473. The molecule has 80 valence electrons. The van der Waals surface area contributed by atoms with Crippen LogP contribution in [0.1, 0.15) is 24.3 Å². The summed E-state index contributed by atoms with van der Waals surface area (Å²) < 4.78 is 0. The molecule has 2 aliphatic rings. The summed E-state index contributed by atoms with van der Waals surface area (Å²) in [6, 6.07) is 7.79. The Morgan fingerprint density at radius 2 is 1.87 bits per heavy atom. The topological polar surface area (TPSA) is 32.3 Å². The first-order valence-electron chi connectivity index (χ1n) is 5.82. The van der Waals surface area contributed by atoms with Gasteiger partial charge in [0.05, 0.1) is 0 Å². The zero-order valence-electron chi connectivity index (χ0n) is 8.82. The first kappa shape index (κ1) is 9.22. The third kappa shape index (κ3) is 1.63. The van der Waals surface area contributed by atoms with Gasteiger partial charge < -0.3 is 10.4 Å². The molecule has 0 radical (unpaired) electrons. The molecule has 2 unspecified atom stereocenters. The molecule has 1 heterocycles. The third-order valence-electron chi connectivity index (χ3n) is 4.00. The van der Waals surface area contributed by atoms with Crippen LogP contribution in [0.15, 0.2) is 24.3 Å². The van der Waals surface area contributed by atoms with Crippen LogP contribution in [0.25, 0.3) is 0 Å². The smallest absolute Gasteiger partial charge is 0.115 e. The summed E-state index contributed by atoms with van der Waals surface area (Å²) in [6.07, 6.45) is 2.59. The molecule has 1 aliphatic heterocycles. The monoisotopic (exact) mass is 203 g/mol. The Labute approximate surface area is 90.3 Å². The number of benzene rings is 1. The first-order valence-corrected chi connectivity index (χ1v) is 5.82. The molecule has 1 saturated heterocycles. The highest BCUT2D eigenvalue weighted by Crippen LogP contribution is 2.44. The van der Waals surface area contributed by atoms with E-state index in [0.29, 0.717) is 11.7 Å². The predicted octanol–water partition coefficient (Wildman–Crippen LogP) is 2.11. The quantitative estimate of drug-likeness (QED) is 0.732. The maximum Gasteiger partial charge on any atom is 0.115 e. The van der Waals surface area contributed by atoms with Crippen molar-refractivity contribution in [2.75, 3.05) is 13.1 Å². The Hall–Kier alpha value is -1.02. The van der Waals surface area contributed by atoms with Crippen molar-refractivity contribution in [2.45, 2.75) is 18.8 Å². The van der Waals surface area contributed by atoms with Gasteiger partial charge in [-0.05, 0) is 61.4 Å². The minimum Gasteiger partial charge on any atom is -0.508 e. The molecular weight excluding hydrogens is 186 g/mol. The molecule has 2 fully saturated rings. The summed E-state index contributed by atoms with van der Waals surface area (Å²) in [5.74, 6) is 2.83. The van der Waals surface area contributed by atoms with Crippen molar-refractivity contribution in [3.05, 3.63) is 29.8 Å². The van der Waals surface area contributed by atoms with Gasteiger partial charge in [-0.25, -0.2) is 0 Å². The van der Waals surface area contributed by atoms with Gasteiger partial charge in [-0.2, -0.15) is 0 Å². The van der Waals surface area contributed by atoms with Crippen molar-refractivity contribution >= 4 is 0 Å². The zero-order valence-corrected chi connectivity index (χ0v) is 8.82. The van der Waals surface area contributed by atoms with E-state index in [1.165, 1.54) is 31.5 Å². The fourth-order valence-corrected chi connectivity index (χ4v) is 3.22. The number of rotatable bonds is 1. The number of hydrogen-bond acceptors (Lipinski definition) is 2. The highest BCUT2D eigenvalue weighted by molar-refractivity contribution is 5.30. The van der Waals surface area contributed by atoms with Crippen LogP contribution in [0.5, 0.6) is 5.75 Å². The summed E-state index contributed by atoms with van der Waals surface area (Å²) in [6.45, 7) is 2.39. The lowest BCUT2D eigenvalue weighted by atomic mass is 9.96. The van der Waals surface area contributed by atoms with Gasteiger partial charge in [-0.15, -0.1) is 0 Å². The number of hydrogen-bond donors (Lipinski definition) is 2. The van der Waals surface area contributed by atoms with E-state index < -0.39 is 0 Å². The molecule has 0 bridgehead atoms. The molecule has 3 rings (SSSR count). The Morgan fingerprint density at radius 3 is 2.53 bits per heavy atom. The van der Waals surface area contributed by atoms with Gasteiger partial charge in [0.25, 0.3) is 0 Å². The molecule has 1 aromatic rings. The van der Waals surface area contributed by atoms with Crippen molar-refractivity contribution in [3.8, 4) is 5.75 Å². The van der Waals surface area contributed by atoms with Crippen molar-refractivity contribution in [1.82, 2.24) is 5.32 Å². The van der Waals surface area contributed by atoms with Crippen molar-refractivity contribution in [2.24, 2.45) is 11.8 Å². The van der Waals surface area contributed by atoms with Gasteiger partial charge in [-0.3, -0.25) is 0 Å². The van der Waals surface area contributed by atoms with Gasteiger partial charge in [-0.1, -0.05) is 12.1 Å². The van der Waals surface area contributed by atoms with E-state index in [0.717, 1.165) is 11.8 Å². The molecule has 0 spiro atoms. The van der Waals surface area contributed by atoms with E-state index in [9.17, 15) is 5.11 Å². The van der Waals surface area contributed by atoms with Crippen LogP contribution in [0.3, 0.4) is 0 Å². The lowest BCUT2D eigenvalue weighted by Gasteiger charge is -2.11. The molecule has 0 aromatic heterocycles. The maximum absolute atomic E-state index is 9.46. The molecule has 1 saturated carbocycles. The molecular formula is C13H17NO. The molecule has 2 atom stereocenters. The van der Waals surface area contributed by atoms with Gasteiger partial charge in [0, 0.05) is 0 Å². The number of phenolic OH excluding ortho intramolecular Hbond substituents is 1. The highest BCUT2D eigenvalue weighted by Gasteiger charge is 2.37. The molecule has 2 heteroatoms. The highest BCUT2D eigenvalue weighted by atomic mass is 16.3. The standard InChI is InChI=1S/C13H17NO/c15-13-3-1-2-9(6-13)10-4-11-7-14-8-12(11)5-10/h1-3,6,10-12,14-15H,4-5,7-8H2. The normalized spacial score (nSPS) is 34.3. The number of fused-ring (bicyclic) bond motifs is 1. The average molecular weight is 203 g/mol. The molecule has 1 aromatic carbocycles. The predicted molar refractivity (Wildman–Crippen MR) is 59.9 cm³/mol. The molecule has 2 nitrogen and oxygen atoms in total. The molecule has 2 N–H and O–H groups in total. The Morgan fingerprint density at radius 1 is 1.13 bits per heavy atom. The van der Waals surface area contributed by atoms with Crippen molar-refractivity contribution < 1.29 is 5.11 Å². The first-order chi connectivity index (χ1) is 7.33. The molecule has 1 aliphatic carbocycles. The van der Waals surface area contributed by atoms with E-state index in [1.807, 2.05) is 12.1 Å². The van der Waals surface area contributed by atoms with Crippen LogP contribution in [0.4, 0.5) is 0 Å². The second kappa shape index (κ2) is 3.53. The largest absolute Gasteiger partial charge is 0.508 e. The van der Waals surface area contributed by atoms with E-state index in [1.54, 1.807) is 6.07 Å². The second-order valence-electron chi connectivity index (χ2n) is 4.94. The number of phenols is 1. The SMILES string of the molecule is Oc1cccc(C2CC3CNCC3C2)c1. The van der Waals surface area contributed by atoms with Crippen LogP contribution in [0, 0.1) is 11.8 Å². The molecule has 0 amide bonds. The van der Waals surface area contributed by atoms with Crippen LogP contribution in [0.2, 0.25) is 0 Å². The van der Waals surface area contributed by atoms with E-state index in [4.69, 9.17) is 0 Å². The van der Waals surface area contributed by atoms with Crippen molar-refractivity contribution in [1.29, 1.82) is 0 Å². The minimum atomic E-state index is 0.405. The summed E-state index contributed by atoms with van der Waals surface area (Å²) >= 11 is 0. The number of nitrogens with one attached hydrogen (secondary N) is 1. The van der Waals surface area contributed by atoms with E-state index >= 15 is 0 Å². The Kier molecular flexibility index (Phi) is 2.17.